The van der Waals surface area contributed by atoms with Crippen LogP contribution in [0.3, 0.4) is 0 Å². The molecule has 1 aromatic rings. The lowest BCUT2D eigenvalue weighted by molar-refractivity contribution is -0.124. The number of benzene rings is 1. The van der Waals surface area contributed by atoms with Gasteiger partial charge in [-0.15, -0.1) is 0 Å². The zero-order chi connectivity index (χ0) is 17.6. The van der Waals surface area contributed by atoms with Crippen molar-refractivity contribution >= 4 is 28.6 Å². The Kier molecular flexibility index (Phi) is 6.20. The monoisotopic (exact) mass is 363 g/mol. The third-order valence-corrected chi connectivity index (χ3v) is 5.60. The minimum atomic E-state index is -0.0876. The fraction of sp³-hybridized carbons (Fsp3) is 0.556. The number of carbonyl (C=O) groups is 2. The second-order valence-electron chi connectivity index (χ2n) is 6.31. The molecule has 0 spiro atoms. The molecule has 0 atom stereocenters. The Morgan fingerprint density at radius 2 is 1.76 bits per heavy atom. The molecule has 0 bridgehead atoms. The minimum absolute atomic E-state index is 0.0413. The smallest absolute Gasteiger partial charge is 0.288 e. The first-order valence-electron chi connectivity index (χ1n) is 8.76. The van der Waals surface area contributed by atoms with E-state index in [1.807, 2.05) is 18.2 Å². The van der Waals surface area contributed by atoms with E-state index in [2.05, 4.69) is 15.9 Å². The van der Waals surface area contributed by atoms with Crippen LogP contribution in [0.2, 0.25) is 0 Å². The van der Waals surface area contributed by atoms with E-state index < -0.39 is 0 Å². The van der Waals surface area contributed by atoms with Crippen LogP contribution in [0.4, 0.5) is 10.5 Å². The largest absolute Gasteiger partial charge is 0.495 e. The SMILES string of the molecule is COc1ccccc1N1CCN(CCCCN2C(=O)CSC2=O)CC1. The highest BCUT2D eigenvalue weighted by atomic mass is 32.2. The number of imide groups is 1. The van der Waals surface area contributed by atoms with Crippen molar-refractivity contribution in [2.24, 2.45) is 0 Å². The van der Waals surface area contributed by atoms with Crippen molar-refractivity contribution in [2.75, 3.05) is 57.0 Å². The van der Waals surface area contributed by atoms with Gasteiger partial charge in [-0.25, -0.2) is 0 Å². The van der Waals surface area contributed by atoms with Crippen LogP contribution < -0.4 is 9.64 Å². The lowest BCUT2D eigenvalue weighted by Crippen LogP contribution is -2.46. The number of piperazine rings is 1. The van der Waals surface area contributed by atoms with E-state index in [1.165, 1.54) is 4.90 Å². The van der Waals surface area contributed by atoms with Crippen LogP contribution >= 0.6 is 11.8 Å². The van der Waals surface area contributed by atoms with E-state index in [0.717, 1.165) is 68.8 Å². The minimum Gasteiger partial charge on any atom is -0.495 e. The van der Waals surface area contributed by atoms with E-state index in [-0.39, 0.29) is 11.1 Å². The van der Waals surface area contributed by atoms with E-state index in [0.29, 0.717) is 12.3 Å². The zero-order valence-electron chi connectivity index (χ0n) is 14.6. The number of hydrogen-bond donors (Lipinski definition) is 0. The number of methoxy groups -OCH3 is 1. The van der Waals surface area contributed by atoms with Gasteiger partial charge in [0.05, 0.1) is 18.6 Å². The molecule has 6 nitrogen and oxygen atoms in total. The summed E-state index contributed by atoms with van der Waals surface area (Å²) in [4.78, 5) is 29.3. The van der Waals surface area contributed by atoms with Crippen molar-refractivity contribution in [2.45, 2.75) is 12.8 Å². The summed E-state index contributed by atoms with van der Waals surface area (Å²) in [6.07, 6.45) is 1.89. The van der Waals surface area contributed by atoms with E-state index in [9.17, 15) is 9.59 Å². The molecular formula is C18H25N3O3S. The molecule has 2 fully saturated rings. The van der Waals surface area contributed by atoms with E-state index >= 15 is 0 Å². The van der Waals surface area contributed by atoms with Gasteiger partial charge < -0.3 is 9.64 Å². The third kappa shape index (κ3) is 4.46. The lowest BCUT2D eigenvalue weighted by Gasteiger charge is -2.36. The summed E-state index contributed by atoms with van der Waals surface area (Å²) in [7, 11) is 1.71. The van der Waals surface area contributed by atoms with Crippen LogP contribution in [0, 0.1) is 0 Å². The first-order chi connectivity index (χ1) is 12.2. The summed E-state index contributed by atoms with van der Waals surface area (Å²) in [5.74, 6) is 1.19. The predicted octanol–water partition coefficient (Wildman–Crippen LogP) is 2.29. The van der Waals surface area contributed by atoms with Gasteiger partial charge in [0, 0.05) is 32.7 Å². The fourth-order valence-electron chi connectivity index (χ4n) is 3.31. The van der Waals surface area contributed by atoms with Gasteiger partial charge in [-0.1, -0.05) is 23.9 Å². The van der Waals surface area contributed by atoms with Crippen LogP contribution in [0.15, 0.2) is 24.3 Å². The number of para-hydroxylation sites is 2. The summed E-state index contributed by atoms with van der Waals surface area (Å²) in [5, 5.41) is -0.0876. The van der Waals surface area contributed by atoms with Crippen molar-refractivity contribution in [1.82, 2.24) is 9.80 Å². The maximum atomic E-state index is 11.6. The second-order valence-corrected chi connectivity index (χ2v) is 7.23. The summed E-state index contributed by atoms with van der Waals surface area (Å²) in [6, 6.07) is 8.15. The van der Waals surface area contributed by atoms with Gasteiger partial charge in [-0.05, 0) is 31.5 Å². The van der Waals surface area contributed by atoms with Crippen molar-refractivity contribution in [1.29, 1.82) is 0 Å². The van der Waals surface area contributed by atoms with Crippen molar-refractivity contribution in [3.8, 4) is 5.75 Å². The molecule has 2 saturated heterocycles. The van der Waals surface area contributed by atoms with Gasteiger partial charge in [0.2, 0.25) is 5.91 Å². The number of amides is 2. The summed E-state index contributed by atoms with van der Waals surface area (Å²) in [6.45, 7) is 5.60. The molecule has 0 aromatic heterocycles. The topological polar surface area (TPSA) is 53.1 Å². The third-order valence-electron chi connectivity index (χ3n) is 4.74. The van der Waals surface area contributed by atoms with Crippen molar-refractivity contribution in [3.05, 3.63) is 24.3 Å². The molecule has 2 heterocycles. The molecule has 0 N–H and O–H groups in total. The fourth-order valence-corrected chi connectivity index (χ4v) is 4.06. The average Bonchev–Trinajstić information content (AvgIpc) is 2.97. The molecule has 2 aliphatic rings. The van der Waals surface area contributed by atoms with Crippen LogP contribution in [0.5, 0.6) is 5.75 Å². The van der Waals surface area contributed by atoms with Gasteiger partial charge in [-0.2, -0.15) is 0 Å². The maximum absolute atomic E-state index is 11.6. The molecular weight excluding hydrogens is 338 g/mol. The number of nitrogens with zero attached hydrogens (tertiary/aromatic N) is 3. The van der Waals surface area contributed by atoms with Gasteiger partial charge in [0.15, 0.2) is 0 Å². The predicted molar refractivity (Wildman–Crippen MR) is 100 cm³/mol. The van der Waals surface area contributed by atoms with Crippen LogP contribution in [-0.4, -0.2) is 73.1 Å². The number of rotatable bonds is 7. The molecule has 25 heavy (non-hydrogen) atoms. The summed E-state index contributed by atoms with van der Waals surface area (Å²) >= 11 is 1.11. The Bertz CT molecular complexity index is 601. The zero-order valence-corrected chi connectivity index (χ0v) is 15.5. The van der Waals surface area contributed by atoms with Crippen LogP contribution in [0.25, 0.3) is 0 Å². The summed E-state index contributed by atoms with van der Waals surface area (Å²) in [5.41, 5.74) is 1.16. The molecule has 7 heteroatoms. The number of unbranched alkanes of at least 4 members (excludes halogenated alkanes) is 1. The van der Waals surface area contributed by atoms with Gasteiger partial charge in [-0.3, -0.25) is 19.4 Å². The highest BCUT2D eigenvalue weighted by molar-refractivity contribution is 8.14. The molecule has 2 aliphatic heterocycles. The molecule has 0 unspecified atom stereocenters. The van der Waals surface area contributed by atoms with Gasteiger partial charge in [0.1, 0.15) is 5.75 Å². The normalized spacial score (nSPS) is 18.9. The van der Waals surface area contributed by atoms with Crippen molar-refractivity contribution < 1.29 is 14.3 Å². The maximum Gasteiger partial charge on any atom is 0.288 e. The van der Waals surface area contributed by atoms with Crippen molar-refractivity contribution in [3.63, 3.8) is 0 Å². The van der Waals surface area contributed by atoms with E-state index in [4.69, 9.17) is 4.74 Å². The first kappa shape index (κ1) is 18.1. The quantitative estimate of drug-likeness (QED) is 0.693. The number of anilines is 1. The number of hydrogen-bond acceptors (Lipinski definition) is 6. The Morgan fingerprint density at radius 3 is 2.44 bits per heavy atom. The highest BCUT2D eigenvalue weighted by Gasteiger charge is 2.29. The van der Waals surface area contributed by atoms with Gasteiger partial charge in [0.25, 0.3) is 5.24 Å². The Balaban J connectivity index is 1.38. The number of thioether (sulfide) groups is 1. The van der Waals surface area contributed by atoms with Gasteiger partial charge >= 0.3 is 0 Å². The summed E-state index contributed by atoms with van der Waals surface area (Å²) < 4.78 is 5.45. The highest BCUT2D eigenvalue weighted by Crippen LogP contribution is 2.28. The second kappa shape index (κ2) is 8.58. The van der Waals surface area contributed by atoms with E-state index in [1.54, 1.807) is 7.11 Å². The molecule has 0 radical (unpaired) electrons. The molecule has 0 saturated carbocycles. The Labute approximate surface area is 153 Å². The molecule has 136 valence electrons. The number of carbonyl (C=O) groups excluding carboxylic acids is 2. The van der Waals surface area contributed by atoms with Crippen LogP contribution in [0.1, 0.15) is 12.8 Å². The lowest BCUT2D eigenvalue weighted by atomic mass is 10.2. The molecule has 3 rings (SSSR count). The average molecular weight is 363 g/mol. The van der Waals surface area contributed by atoms with Crippen LogP contribution in [-0.2, 0) is 4.79 Å². The standard InChI is InChI=1S/C18H25N3O3S/c1-24-16-7-3-2-6-15(16)20-12-10-19(11-13-20)8-4-5-9-21-17(22)14-25-18(21)23/h2-3,6-7H,4-5,8-14H2,1H3. The molecule has 2 amide bonds. The Morgan fingerprint density at radius 1 is 1.04 bits per heavy atom. The first-order valence-corrected chi connectivity index (χ1v) is 9.75. The number of ether oxygens (including phenoxy) is 1. The molecule has 0 aliphatic carbocycles. The molecule has 1 aromatic carbocycles. The Hall–Kier alpha value is -1.73.